The molecule has 2 amide bonds. The molecule has 0 fully saturated rings. The number of sulfonamides is 1. The highest BCUT2D eigenvalue weighted by Crippen LogP contribution is 2.32. The van der Waals surface area contributed by atoms with E-state index in [4.69, 9.17) is 9.47 Å². The van der Waals surface area contributed by atoms with E-state index in [2.05, 4.69) is 5.32 Å². The molecule has 9 nitrogen and oxygen atoms in total. The Morgan fingerprint density at radius 3 is 1.98 bits per heavy atom. The monoisotopic (exact) mass is 581 g/mol. The summed E-state index contributed by atoms with van der Waals surface area (Å²) in [7, 11) is -0.974. The number of anilines is 1. The van der Waals surface area contributed by atoms with Crippen LogP contribution in [0.5, 0.6) is 11.5 Å². The Kier molecular flexibility index (Phi) is 11.2. The van der Waals surface area contributed by atoms with Gasteiger partial charge in [-0.3, -0.25) is 13.9 Å². The van der Waals surface area contributed by atoms with Crippen molar-refractivity contribution in [1.29, 1.82) is 0 Å². The van der Waals surface area contributed by atoms with Gasteiger partial charge in [0.15, 0.2) is 11.5 Å². The number of carbonyl (C=O) groups excluding carboxylic acids is 2. The van der Waals surface area contributed by atoms with Crippen LogP contribution in [0.15, 0.2) is 78.9 Å². The molecular formula is C31H39N3O6S. The summed E-state index contributed by atoms with van der Waals surface area (Å²) in [5.41, 5.74) is 1.93. The Balaban J connectivity index is 2.05. The average molecular weight is 582 g/mol. The van der Waals surface area contributed by atoms with Crippen LogP contribution in [0.2, 0.25) is 0 Å². The fourth-order valence-corrected chi connectivity index (χ4v) is 5.19. The summed E-state index contributed by atoms with van der Waals surface area (Å²) < 4.78 is 37.6. The number of rotatable bonds is 14. The fourth-order valence-electron chi connectivity index (χ4n) is 4.35. The van der Waals surface area contributed by atoms with Crippen LogP contribution >= 0.6 is 0 Å². The van der Waals surface area contributed by atoms with Gasteiger partial charge in [0.2, 0.25) is 21.8 Å². The number of carbonyl (C=O) groups is 2. The third-order valence-electron chi connectivity index (χ3n) is 6.49. The van der Waals surface area contributed by atoms with Crippen molar-refractivity contribution in [3.63, 3.8) is 0 Å². The van der Waals surface area contributed by atoms with Crippen molar-refractivity contribution in [2.45, 2.75) is 32.9 Å². The van der Waals surface area contributed by atoms with E-state index >= 15 is 0 Å². The van der Waals surface area contributed by atoms with Gasteiger partial charge in [-0.05, 0) is 29.2 Å². The first-order valence-corrected chi connectivity index (χ1v) is 15.2. The zero-order valence-corrected chi connectivity index (χ0v) is 25.1. The average Bonchev–Trinajstić information content (AvgIpc) is 2.96. The van der Waals surface area contributed by atoms with Crippen LogP contribution in [0.25, 0.3) is 0 Å². The molecule has 3 rings (SSSR count). The van der Waals surface area contributed by atoms with Crippen LogP contribution in [0.3, 0.4) is 0 Å². The molecule has 0 saturated heterocycles. The summed E-state index contributed by atoms with van der Waals surface area (Å²) in [5, 5.41) is 2.97. The summed E-state index contributed by atoms with van der Waals surface area (Å²) in [4.78, 5) is 29.2. The Morgan fingerprint density at radius 2 is 1.44 bits per heavy atom. The lowest BCUT2D eigenvalue weighted by Crippen LogP contribution is -2.53. The third kappa shape index (κ3) is 8.97. The molecule has 10 heteroatoms. The first-order valence-electron chi connectivity index (χ1n) is 13.4. The van der Waals surface area contributed by atoms with Crippen molar-refractivity contribution in [1.82, 2.24) is 10.2 Å². The zero-order chi connectivity index (χ0) is 30.0. The number of nitrogens with one attached hydrogen (secondary N) is 1. The molecule has 0 heterocycles. The van der Waals surface area contributed by atoms with Crippen LogP contribution in [0.4, 0.5) is 5.69 Å². The number of nitrogens with zero attached hydrogens (tertiary/aromatic N) is 2. The van der Waals surface area contributed by atoms with Crippen molar-refractivity contribution < 1.29 is 27.5 Å². The molecule has 3 aromatic carbocycles. The second-order valence-corrected chi connectivity index (χ2v) is 12.1. The molecule has 0 aliphatic heterocycles. The molecule has 0 spiro atoms. The molecule has 0 unspecified atom stereocenters. The molecule has 41 heavy (non-hydrogen) atoms. The molecule has 0 radical (unpaired) electrons. The quantitative estimate of drug-likeness (QED) is 0.310. The molecular weight excluding hydrogens is 542 g/mol. The smallest absolute Gasteiger partial charge is 0.244 e. The number of ether oxygens (including phenoxy) is 2. The van der Waals surface area contributed by atoms with Gasteiger partial charge in [0.25, 0.3) is 0 Å². The zero-order valence-electron chi connectivity index (χ0n) is 24.2. The minimum absolute atomic E-state index is 0.121. The van der Waals surface area contributed by atoms with Gasteiger partial charge >= 0.3 is 0 Å². The third-order valence-corrected chi connectivity index (χ3v) is 7.63. The Hall–Kier alpha value is -4.05. The number of benzene rings is 3. The lowest BCUT2D eigenvalue weighted by Gasteiger charge is -2.33. The molecule has 1 N–H and O–H groups in total. The van der Waals surface area contributed by atoms with E-state index in [0.29, 0.717) is 18.0 Å². The van der Waals surface area contributed by atoms with E-state index in [1.165, 1.54) is 25.2 Å². The molecule has 220 valence electrons. The summed E-state index contributed by atoms with van der Waals surface area (Å²) in [5.74, 6) is 0.132. The van der Waals surface area contributed by atoms with Crippen LogP contribution in [-0.2, 0) is 32.6 Å². The highest BCUT2D eigenvalue weighted by molar-refractivity contribution is 7.92. The van der Waals surface area contributed by atoms with Gasteiger partial charge in [-0.1, -0.05) is 74.5 Å². The number of amides is 2. The van der Waals surface area contributed by atoms with Crippen LogP contribution in [0.1, 0.15) is 25.0 Å². The van der Waals surface area contributed by atoms with E-state index in [9.17, 15) is 18.0 Å². The normalized spacial score (nSPS) is 12.0. The van der Waals surface area contributed by atoms with E-state index in [1.54, 1.807) is 12.1 Å². The summed E-state index contributed by atoms with van der Waals surface area (Å²) in [6, 6.07) is 22.5. The largest absolute Gasteiger partial charge is 0.493 e. The summed E-state index contributed by atoms with van der Waals surface area (Å²) in [6.07, 6.45) is 1.30. The van der Waals surface area contributed by atoms with Crippen molar-refractivity contribution in [2.75, 3.05) is 37.9 Å². The first-order chi connectivity index (χ1) is 19.5. The van der Waals surface area contributed by atoms with Crippen molar-refractivity contribution in [2.24, 2.45) is 5.92 Å². The summed E-state index contributed by atoms with van der Waals surface area (Å²) in [6.45, 7) is 4.04. The van der Waals surface area contributed by atoms with Gasteiger partial charge in [-0.25, -0.2) is 8.42 Å². The number of methoxy groups -OCH3 is 2. The summed E-state index contributed by atoms with van der Waals surface area (Å²) >= 11 is 0. The van der Waals surface area contributed by atoms with E-state index in [0.717, 1.165) is 21.7 Å². The Morgan fingerprint density at radius 1 is 0.854 bits per heavy atom. The van der Waals surface area contributed by atoms with Crippen LogP contribution in [-0.4, -0.2) is 64.7 Å². The molecule has 0 aliphatic carbocycles. The fraction of sp³-hybridized carbons (Fsp3) is 0.355. The minimum Gasteiger partial charge on any atom is -0.493 e. The molecule has 0 aromatic heterocycles. The van der Waals surface area contributed by atoms with Gasteiger partial charge in [0.1, 0.15) is 12.6 Å². The van der Waals surface area contributed by atoms with Gasteiger partial charge in [0, 0.05) is 25.6 Å². The van der Waals surface area contributed by atoms with Crippen LogP contribution in [0, 0.1) is 5.92 Å². The SMILES string of the molecule is COc1ccc(N(CC(=O)N(Cc2ccccc2)[C@@H](Cc2ccccc2)C(=O)NCC(C)C)S(C)(=O)=O)cc1OC. The molecule has 1 atom stereocenters. The van der Waals surface area contributed by atoms with E-state index in [-0.39, 0.29) is 30.5 Å². The first kappa shape index (κ1) is 31.5. The highest BCUT2D eigenvalue weighted by Gasteiger charge is 2.33. The second-order valence-electron chi connectivity index (χ2n) is 10.2. The molecule has 0 bridgehead atoms. The lowest BCUT2D eigenvalue weighted by atomic mass is 10.0. The topological polar surface area (TPSA) is 105 Å². The van der Waals surface area contributed by atoms with Gasteiger partial charge < -0.3 is 19.7 Å². The Bertz CT molecular complexity index is 1400. The maximum absolute atomic E-state index is 14.1. The lowest BCUT2D eigenvalue weighted by molar-refractivity contribution is -0.140. The molecule has 0 aliphatic rings. The Labute approximate surface area is 243 Å². The minimum atomic E-state index is -3.90. The van der Waals surface area contributed by atoms with Crippen molar-refractivity contribution in [3.8, 4) is 11.5 Å². The van der Waals surface area contributed by atoms with E-state index < -0.39 is 28.5 Å². The van der Waals surface area contributed by atoms with Gasteiger partial charge in [-0.2, -0.15) is 0 Å². The van der Waals surface area contributed by atoms with Gasteiger partial charge in [0.05, 0.1) is 26.2 Å². The predicted molar refractivity (Wildman–Crippen MR) is 161 cm³/mol. The maximum Gasteiger partial charge on any atom is 0.244 e. The predicted octanol–water partition coefficient (Wildman–Crippen LogP) is 3.88. The molecule has 3 aromatic rings. The second kappa shape index (κ2) is 14.5. The maximum atomic E-state index is 14.1. The standard InChI is InChI=1S/C31H39N3O6S/c1-23(2)20-32-31(36)27(18-24-12-8-6-9-13-24)33(21-25-14-10-7-11-15-25)30(35)22-34(41(5,37)38)26-16-17-28(39-3)29(19-26)40-4/h6-17,19,23,27H,18,20-22H2,1-5H3,(H,32,36)/t27-/m0/s1. The molecule has 0 saturated carbocycles. The van der Waals surface area contributed by atoms with Crippen molar-refractivity contribution in [3.05, 3.63) is 90.0 Å². The van der Waals surface area contributed by atoms with Crippen molar-refractivity contribution >= 4 is 27.5 Å². The van der Waals surface area contributed by atoms with Gasteiger partial charge in [-0.15, -0.1) is 0 Å². The number of hydrogen-bond donors (Lipinski definition) is 1. The van der Waals surface area contributed by atoms with E-state index in [1.807, 2.05) is 74.5 Å². The highest BCUT2D eigenvalue weighted by atomic mass is 32.2. The van der Waals surface area contributed by atoms with Crippen LogP contribution < -0.4 is 19.1 Å². The number of hydrogen-bond acceptors (Lipinski definition) is 6.